The lowest BCUT2D eigenvalue weighted by Crippen LogP contribution is -2.32. The van der Waals surface area contributed by atoms with Gasteiger partial charge in [-0.25, -0.2) is 4.39 Å². The van der Waals surface area contributed by atoms with Gasteiger partial charge in [0.05, 0.1) is 17.5 Å². The third-order valence-corrected chi connectivity index (χ3v) is 5.94. The second kappa shape index (κ2) is 8.09. The van der Waals surface area contributed by atoms with E-state index in [-0.39, 0.29) is 23.7 Å². The summed E-state index contributed by atoms with van der Waals surface area (Å²) in [5.41, 5.74) is 2.88. The molecule has 6 heteroatoms. The Hall–Kier alpha value is -3.12. The average Bonchev–Trinajstić information content (AvgIpc) is 2.75. The zero-order valence-electron chi connectivity index (χ0n) is 15.8. The number of anilines is 1. The molecule has 1 aliphatic heterocycles. The summed E-state index contributed by atoms with van der Waals surface area (Å²) in [7, 11) is 1.73. The summed E-state index contributed by atoms with van der Waals surface area (Å²) < 4.78 is 13.5. The number of amides is 2. The van der Waals surface area contributed by atoms with Gasteiger partial charge in [-0.1, -0.05) is 42.5 Å². The van der Waals surface area contributed by atoms with Crippen LogP contribution in [0.25, 0.3) is 0 Å². The summed E-state index contributed by atoms with van der Waals surface area (Å²) in [5, 5.41) is 2.82. The monoisotopic (exact) mass is 406 g/mol. The number of benzene rings is 3. The van der Waals surface area contributed by atoms with Crippen LogP contribution in [0.15, 0.2) is 77.7 Å². The van der Waals surface area contributed by atoms with Gasteiger partial charge in [0.1, 0.15) is 5.82 Å². The Morgan fingerprint density at radius 1 is 1.03 bits per heavy atom. The van der Waals surface area contributed by atoms with Gasteiger partial charge >= 0.3 is 0 Å². The standard InChI is InChI=1S/C23H19FN2O2S/c1-26(23(28)17-9-12-20-19(13-17)25-21(27)14-29-20)22(15-5-3-2-4-6-15)16-7-10-18(24)11-8-16/h2-13,22H,14H2,1H3,(H,25,27). The van der Waals surface area contributed by atoms with Gasteiger partial charge in [-0.3, -0.25) is 9.59 Å². The molecule has 3 aromatic carbocycles. The van der Waals surface area contributed by atoms with E-state index in [0.29, 0.717) is 17.0 Å². The number of halogens is 1. The van der Waals surface area contributed by atoms with E-state index >= 15 is 0 Å². The van der Waals surface area contributed by atoms with Crippen molar-refractivity contribution < 1.29 is 14.0 Å². The number of fused-ring (bicyclic) bond motifs is 1. The predicted molar refractivity (Wildman–Crippen MR) is 113 cm³/mol. The Labute approximate surface area is 172 Å². The van der Waals surface area contributed by atoms with Crippen molar-refractivity contribution in [2.75, 3.05) is 18.1 Å². The Morgan fingerprint density at radius 2 is 1.72 bits per heavy atom. The number of nitrogens with zero attached hydrogens (tertiary/aromatic N) is 1. The van der Waals surface area contributed by atoms with Crippen molar-refractivity contribution in [2.24, 2.45) is 0 Å². The maximum Gasteiger partial charge on any atom is 0.254 e. The van der Waals surface area contributed by atoms with E-state index in [0.717, 1.165) is 16.0 Å². The van der Waals surface area contributed by atoms with Gasteiger partial charge in [0, 0.05) is 17.5 Å². The molecule has 0 fully saturated rings. The summed E-state index contributed by atoms with van der Waals surface area (Å²) in [4.78, 5) is 27.6. The van der Waals surface area contributed by atoms with E-state index in [1.165, 1.54) is 23.9 Å². The fraction of sp³-hybridized carbons (Fsp3) is 0.130. The number of hydrogen-bond donors (Lipinski definition) is 1. The van der Waals surface area contributed by atoms with Gasteiger partial charge in [-0.2, -0.15) is 0 Å². The van der Waals surface area contributed by atoms with Crippen LogP contribution >= 0.6 is 11.8 Å². The highest BCUT2D eigenvalue weighted by atomic mass is 32.2. The van der Waals surface area contributed by atoms with Crippen LogP contribution in [0, 0.1) is 5.82 Å². The second-order valence-corrected chi connectivity index (χ2v) is 7.85. The first kappa shape index (κ1) is 19.2. The number of rotatable bonds is 4. The molecular formula is C23H19FN2O2S. The van der Waals surface area contributed by atoms with E-state index < -0.39 is 0 Å². The van der Waals surface area contributed by atoms with E-state index in [4.69, 9.17) is 0 Å². The molecule has 0 aliphatic carbocycles. The van der Waals surface area contributed by atoms with Crippen molar-refractivity contribution in [3.8, 4) is 0 Å². The fourth-order valence-corrected chi connectivity index (χ4v) is 4.25. The van der Waals surface area contributed by atoms with Crippen LogP contribution in [0.4, 0.5) is 10.1 Å². The highest BCUT2D eigenvalue weighted by Gasteiger charge is 2.26. The summed E-state index contributed by atoms with van der Waals surface area (Å²) >= 11 is 1.45. The third kappa shape index (κ3) is 4.03. The molecule has 1 aliphatic rings. The van der Waals surface area contributed by atoms with Crippen LogP contribution in [0.5, 0.6) is 0 Å². The molecule has 1 atom stereocenters. The quantitative estimate of drug-likeness (QED) is 0.681. The molecule has 0 aromatic heterocycles. The first-order chi connectivity index (χ1) is 14.0. The lowest BCUT2D eigenvalue weighted by Gasteiger charge is -2.30. The second-order valence-electron chi connectivity index (χ2n) is 6.83. The molecule has 146 valence electrons. The molecule has 0 spiro atoms. The number of thioether (sulfide) groups is 1. The summed E-state index contributed by atoms with van der Waals surface area (Å²) in [6.45, 7) is 0. The Balaban J connectivity index is 1.70. The zero-order valence-corrected chi connectivity index (χ0v) is 16.6. The van der Waals surface area contributed by atoms with Gasteiger partial charge in [-0.05, 0) is 41.5 Å². The van der Waals surface area contributed by atoms with Gasteiger partial charge in [-0.15, -0.1) is 11.8 Å². The first-order valence-corrected chi connectivity index (χ1v) is 10.2. The highest BCUT2D eigenvalue weighted by molar-refractivity contribution is 8.00. The maximum absolute atomic E-state index is 13.5. The minimum atomic E-state index is -0.371. The zero-order chi connectivity index (χ0) is 20.4. The molecule has 0 radical (unpaired) electrons. The van der Waals surface area contributed by atoms with Crippen molar-refractivity contribution in [3.63, 3.8) is 0 Å². The average molecular weight is 406 g/mol. The topological polar surface area (TPSA) is 49.4 Å². The minimum Gasteiger partial charge on any atom is -0.331 e. The van der Waals surface area contributed by atoms with E-state index in [9.17, 15) is 14.0 Å². The van der Waals surface area contributed by atoms with Gasteiger partial charge in [0.15, 0.2) is 0 Å². The van der Waals surface area contributed by atoms with Crippen LogP contribution in [0.3, 0.4) is 0 Å². The van der Waals surface area contributed by atoms with E-state index in [2.05, 4.69) is 5.32 Å². The number of nitrogens with one attached hydrogen (secondary N) is 1. The summed E-state index contributed by atoms with van der Waals surface area (Å²) in [6.07, 6.45) is 0. The molecule has 2 amide bonds. The van der Waals surface area contributed by atoms with E-state index in [1.807, 2.05) is 36.4 Å². The van der Waals surface area contributed by atoms with Gasteiger partial charge in [0.25, 0.3) is 5.91 Å². The largest absolute Gasteiger partial charge is 0.331 e. The predicted octanol–water partition coefficient (Wildman–Crippen LogP) is 4.73. The normalized spacial score (nSPS) is 13.9. The van der Waals surface area contributed by atoms with Crippen molar-refractivity contribution in [1.29, 1.82) is 0 Å². The lowest BCUT2D eigenvalue weighted by molar-refractivity contribution is -0.113. The minimum absolute atomic E-state index is 0.0751. The summed E-state index contributed by atoms with van der Waals surface area (Å²) in [5.74, 6) is -0.205. The molecule has 29 heavy (non-hydrogen) atoms. The van der Waals surface area contributed by atoms with Crippen molar-refractivity contribution in [3.05, 3.63) is 95.3 Å². The molecule has 1 N–H and O–H groups in total. The Morgan fingerprint density at radius 3 is 2.45 bits per heavy atom. The molecule has 0 saturated heterocycles. The van der Waals surface area contributed by atoms with Crippen molar-refractivity contribution >= 4 is 29.3 Å². The molecule has 4 rings (SSSR count). The fourth-order valence-electron chi connectivity index (χ4n) is 3.46. The highest BCUT2D eigenvalue weighted by Crippen LogP contribution is 2.34. The van der Waals surface area contributed by atoms with Gasteiger partial charge in [0.2, 0.25) is 5.91 Å². The number of carbonyl (C=O) groups is 2. The molecule has 4 nitrogen and oxygen atoms in total. The molecule has 0 bridgehead atoms. The lowest BCUT2D eigenvalue weighted by atomic mass is 9.96. The van der Waals surface area contributed by atoms with Crippen LogP contribution in [-0.2, 0) is 4.79 Å². The Kier molecular flexibility index (Phi) is 5.36. The Bertz CT molecular complexity index is 1050. The number of carbonyl (C=O) groups excluding carboxylic acids is 2. The van der Waals surface area contributed by atoms with Crippen LogP contribution in [-0.4, -0.2) is 29.5 Å². The van der Waals surface area contributed by atoms with Crippen LogP contribution in [0.2, 0.25) is 0 Å². The molecule has 3 aromatic rings. The smallest absolute Gasteiger partial charge is 0.254 e. The first-order valence-electron chi connectivity index (χ1n) is 9.17. The van der Waals surface area contributed by atoms with Crippen molar-refractivity contribution in [2.45, 2.75) is 10.9 Å². The number of hydrogen-bond acceptors (Lipinski definition) is 3. The maximum atomic E-state index is 13.5. The molecule has 1 unspecified atom stereocenters. The summed E-state index contributed by atoms with van der Waals surface area (Å²) in [6, 6.07) is 20.8. The van der Waals surface area contributed by atoms with Gasteiger partial charge < -0.3 is 10.2 Å². The molecular weight excluding hydrogens is 387 g/mol. The SMILES string of the molecule is CN(C(=O)c1ccc2c(c1)NC(=O)CS2)C(c1ccccc1)c1ccc(F)cc1. The van der Waals surface area contributed by atoms with Crippen LogP contribution in [0.1, 0.15) is 27.5 Å². The van der Waals surface area contributed by atoms with E-state index in [1.54, 1.807) is 36.2 Å². The molecule has 1 heterocycles. The van der Waals surface area contributed by atoms with Crippen LogP contribution < -0.4 is 5.32 Å². The molecule has 0 saturated carbocycles. The van der Waals surface area contributed by atoms with Crippen molar-refractivity contribution in [1.82, 2.24) is 4.90 Å². The third-order valence-electron chi connectivity index (χ3n) is 4.87.